The zero-order valence-corrected chi connectivity index (χ0v) is 20.7. The molecule has 5 rings (SSSR count). The van der Waals surface area contributed by atoms with Gasteiger partial charge >= 0.3 is 6.01 Å². The minimum atomic E-state index is -0.598. The average Bonchev–Trinajstić information content (AvgIpc) is 3.24. The SMILES string of the molecule is Cc1c(F)cccc1-c1ncc2c(N3CC(C)NC(C)C3)nc(OC[C@@H]3CCCN3C)nc2c1F. The Bertz CT molecular complexity index is 1230. The van der Waals surface area contributed by atoms with Crippen LogP contribution in [-0.2, 0) is 0 Å². The maximum absolute atomic E-state index is 16.0. The smallest absolute Gasteiger partial charge is 0.319 e. The summed E-state index contributed by atoms with van der Waals surface area (Å²) in [5, 5.41) is 4.04. The molecule has 2 fully saturated rings. The number of likely N-dealkylation sites (N-methyl/N-ethyl adjacent to an activating group) is 1. The van der Waals surface area contributed by atoms with Gasteiger partial charge in [0.15, 0.2) is 5.82 Å². The maximum atomic E-state index is 16.0. The van der Waals surface area contributed by atoms with E-state index in [1.54, 1.807) is 25.3 Å². The molecule has 3 aromatic rings. The third-order valence-electron chi connectivity index (χ3n) is 7.10. The minimum absolute atomic E-state index is 0.0719. The molecule has 1 aromatic carbocycles. The first-order chi connectivity index (χ1) is 16.8. The number of halogens is 2. The van der Waals surface area contributed by atoms with Crippen LogP contribution in [0.1, 0.15) is 32.3 Å². The van der Waals surface area contributed by atoms with E-state index in [1.807, 2.05) is 0 Å². The second kappa shape index (κ2) is 9.62. The fourth-order valence-electron chi connectivity index (χ4n) is 5.24. The van der Waals surface area contributed by atoms with E-state index < -0.39 is 11.6 Å². The summed E-state index contributed by atoms with van der Waals surface area (Å²) in [6, 6.07) is 5.51. The summed E-state index contributed by atoms with van der Waals surface area (Å²) in [7, 11) is 2.08. The Hall–Kier alpha value is -2.91. The molecule has 186 valence electrons. The number of hydrogen-bond acceptors (Lipinski definition) is 7. The third-order valence-corrected chi connectivity index (χ3v) is 7.10. The largest absolute Gasteiger partial charge is 0.462 e. The van der Waals surface area contributed by atoms with Crippen LogP contribution in [0.5, 0.6) is 6.01 Å². The molecule has 0 bridgehead atoms. The lowest BCUT2D eigenvalue weighted by Gasteiger charge is -2.37. The van der Waals surface area contributed by atoms with E-state index in [0.29, 0.717) is 42.0 Å². The van der Waals surface area contributed by atoms with E-state index in [1.165, 1.54) is 6.07 Å². The van der Waals surface area contributed by atoms with Crippen LogP contribution in [0.15, 0.2) is 24.4 Å². The van der Waals surface area contributed by atoms with Gasteiger partial charge in [-0.15, -0.1) is 0 Å². The van der Waals surface area contributed by atoms with Gasteiger partial charge in [0.1, 0.15) is 29.5 Å². The van der Waals surface area contributed by atoms with Gasteiger partial charge in [-0.1, -0.05) is 12.1 Å². The summed E-state index contributed by atoms with van der Waals surface area (Å²) in [5.41, 5.74) is 0.960. The van der Waals surface area contributed by atoms with Crippen LogP contribution in [0.4, 0.5) is 14.6 Å². The van der Waals surface area contributed by atoms with Crippen LogP contribution in [0.25, 0.3) is 22.2 Å². The fraction of sp³-hybridized carbons (Fsp3) is 0.500. The van der Waals surface area contributed by atoms with Gasteiger partial charge in [0, 0.05) is 43.0 Å². The number of piperazine rings is 1. The molecule has 0 radical (unpaired) electrons. The number of benzene rings is 1. The maximum Gasteiger partial charge on any atom is 0.319 e. The molecule has 0 aliphatic carbocycles. The monoisotopic (exact) mass is 482 g/mol. The fourth-order valence-corrected chi connectivity index (χ4v) is 5.24. The molecule has 35 heavy (non-hydrogen) atoms. The molecule has 4 heterocycles. The van der Waals surface area contributed by atoms with E-state index in [9.17, 15) is 4.39 Å². The quantitative estimate of drug-likeness (QED) is 0.591. The molecular weight excluding hydrogens is 450 g/mol. The number of nitrogens with zero attached hydrogens (tertiary/aromatic N) is 5. The van der Waals surface area contributed by atoms with E-state index in [-0.39, 0.29) is 35.3 Å². The molecule has 3 atom stereocenters. The minimum Gasteiger partial charge on any atom is -0.462 e. The molecule has 2 aromatic heterocycles. The summed E-state index contributed by atoms with van der Waals surface area (Å²) in [5.74, 6) is -0.390. The lowest BCUT2D eigenvalue weighted by molar-refractivity contribution is 0.188. The zero-order valence-electron chi connectivity index (χ0n) is 20.7. The first kappa shape index (κ1) is 23.8. The zero-order chi connectivity index (χ0) is 24.7. The number of hydrogen-bond donors (Lipinski definition) is 1. The number of aromatic nitrogens is 3. The second-order valence-corrected chi connectivity index (χ2v) is 9.89. The van der Waals surface area contributed by atoms with Gasteiger partial charge in [-0.25, -0.2) is 8.78 Å². The van der Waals surface area contributed by atoms with Crippen LogP contribution in [0, 0.1) is 18.6 Å². The molecule has 0 saturated carbocycles. The van der Waals surface area contributed by atoms with Crippen LogP contribution in [0.3, 0.4) is 0 Å². The molecule has 2 aliphatic rings. The van der Waals surface area contributed by atoms with E-state index in [4.69, 9.17) is 9.72 Å². The van der Waals surface area contributed by atoms with Gasteiger partial charge in [0.25, 0.3) is 0 Å². The molecule has 0 spiro atoms. The van der Waals surface area contributed by atoms with E-state index >= 15 is 4.39 Å². The Kier molecular flexibility index (Phi) is 6.55. The van der Waals surface area contributed by atoms with Crippen molar-refractivity contribution in [2.45, 2.75) is 51.7 Å². The Balaban J connectivity index is 1.61. The van der Waals surface area contributed by atoms with Gasteiger partial charge in [-0.05, 0) is 58.8 Å². The number of ether oxygens (including phenoxy) is 1. The highest BCUT2D eigenvalue weighted by Crippen LogP contribution is 2.34. The van der Waals surface area contributed by atoms with Crippen molar-refractivity contribution in [3.05, 3.63) is 41.6 Å². The molecule has 7 nitrogen and oxygen atoms in total. The molecule has 2 unspecified atom stereocenters. The predicted molar refractivity (Wildman–Crippen MR) is 133 cm³/mol. The number of likely N-dealkylation sites (tertiary alicyclic amines) is 1. The van der Waals surface area contributed by atoms with Gasteiger partial charge in [0.2, 0.25) is 0 Å². The van der Waals surface area contributed by atoms with Crippen molar-refractivity contribution in [2.75, 3.05) is 38.2 Å². The molecule has 0 amide bonds. The number of nitrogens with one attached hydrogen (secondary N) is 1. The lowest BCUT2D eigenvalue weighted by atomic mass is 10.0. The number of pyridine rings is 1. The molecule has 1 N–H and O–H groups in total. The van der Waals surface area contributed by atoms with Crippen LogP contribution >= 0.6 is 0 Å². The summed E-state index contributed by atoms with van der Waals surface area (Å²) < 4.78 is 36.2. The molecular formula is C26H32F2N6O. The third kappa shape index (κ3) is 4.67. The van der Waals surface area contributed by atoms with Gasteiger partial charge in [0.05, 0.1) is 5.39 Å². The molecule has 9 heteroatoms. The Labute approximate surface area is 204 Å². The molecule has 2 aliphatic heterocycles. The van der Waals surface area contributed by atoms with Crippen molar-refractivity contribution >= 4 is 16.7 Å². The second-order valence-electron chi connectivity index (χ2n) is 9.89. The van der Waals surface area contributed by atoms with Crippen LogP contribution < -0.4 is 15.0 Å². The Morgan fingerprint density at radius 3 is 2.63 bits per heavy atom. The summed E-state index contributed by atoms with van der Waals surface area (Å²) in [4.78, 5) is 18.0. The first-order valence-corrected chi connectivity index (χ1v) is 12.3. The summed E-state index contributed by atoms with van der Waals surface area (Å²) >= 11 is 0. The van der Waals surface area contributed by atoms with E-state index in [0.717, 1.165) is 19.4 Å². The van der Waals surface area contributed by atoms with Crippen molar-refractivity contribution in [1.29, 1.82) is 0 Å². The summed E-state index contributed by atoms with van der Waals surface area (Å²) in [6.07, 6.45) is 3.77. The summed E-state index contributed by atoms with van der Waals surface area (Å²) in [6.45, 7) is 8.76. The standard InChI is InChI=1S/C26H32F2N6O/c1-15-12-34(13-16(2)30-15)25-20-11-29-23(19-8-5-9-21(27)17(19)3)22(28)24(20)31-26(32-25)35-14-18-7-6-10-33(18)4/h5,8-9,11,15-16,18,30H,6-7,10,12-14H2,1-4H3/t15?,16?,18-/m0/s1. The highest BCUT2D eigenvalue weighted by Gasteiger charge is 2.28. The van der Waals surface area contributed by atoms with Crippen molar-refractivity contribution < 1.29 is 13.5 Å². The van der Waals surface area contributed by atoms with Crippen LogP contribution in [0.2, 0.25) is 0 Å². The first-order valence-electron chi connectivity index (χ1n) is 12.3. The van der Waals surface area contributed by atoms with Gasteiger partial charge in [-0.3, -0.25) is 4.98 Å². The van der Waals surface area contributed by atoms with Gasteiger partial charge in [-0.2, -0.15) is 9.97 Å². The normalized spacial score (nSPS) is 23.3. The van der Waals surface area contributed by atoms with Gasteiger partial charge < -0.3 is 19.9 Å². The number of anilines is 1. The van der Waals surface area contributed by atoms with Crippen molar-refractivity contribution in [2.24, 2.45) is 0 Å². The van der Waals surface area contributed by atoms with Crippen molar-refractivity contribution in [1.82, 2.24) is 25.2 Å². The Morgan fingerprint density at radius 2 is 1.91 bits per heavy atom. The highest BCUT2D eigenvalue weighted by atomic mass is 19.1. The number of fused-ring (bicyclic) bond motifs is 1. The van der Waals surface area contributed by atoms with E-state index in [2.05, 4.69) is 46.0 Å². The highest BCUT2D eigenvalue weighted by molar-refractivity contribution is 5.92. The van der Waals surface area contributed by atoms with Crippen LogP contribution in [-0.4, -0.2) is 71.3 Å². The Morgan fingerprint density at radius 1 is 1.14 bits per heavy atom. The molecule has 2 saturated heterocycles. The number of rotatable bonds is 5. The lowest BCUT2D eigenvalue weighted by Crippen LogP contribution is -2.54. The predicted octanol–water partition coefficient (Wildman–Crippen LogP) is 3.94. The van der Waals surface area contributed by atoms with Crippen molar-refractivity contribution in [3.63, 3.8) is 0 Å². The average molecular weight is 483 g/mol. The topological polar surface area (TPSA) is 66.4 Å². The van der Waals surface area contributed by atoms with Crippen molar-refractivity contribution in [3.8, 4) is 17.3 Å².